The minimum atomic E-state index is -1.72. The number of Topliss-reactive ketones (excluding diaryl/α,β-unsaturated/α-hetero) is 2. The van der Waals surface area contributed by atoms with Crippen molar-refractivity contribution in [3.05, 3.63) is 58.5 Å². The van der Waals surface area contributed by atoms with Crippen molar-refractivity contribution < 1.29 is 38.9 Å². The summed E-state index contributed by atoms with van der Waals surface area (Å²) in [6.45, 7) is 5.12. The molecule has 0 aromatic rings. The zero-order valence-electron chi connectivity index (χ0n) is 19.3. The summed E-state index contributed by atoms with van der Waals surface area (Å²) in [6, 6.07) is -1.46. The predicted octanol–water partition coefficient (Wildman–Crippen LogP) is 2.84. The number of carboxylic acids is 2. The van der Waals surface area contributed by atoms with Gasteiger partial charge in [0.25, 0.3) is 0 Å². The number of carbonyl (C=O) groups is 5. The highest BCUT2D eigenvalue weighted by atomic mass is 16.6. The number of aliphatic carboxylic acids is 2. The number of esters is 1. The van der Waals surface area contributed by atoms with Gasteiger partial charge in [-0.3, -0.25) is 14.4 Å². The summed E-state index contributed by atoms with van der Waals surface area (Å²) in [5.74, 6) is -4.52. The molecule has 0 bridgehead atoms. The van der Waals surface area contributed by atoms with E-state index < -0.39 is 41.8 Å². The molecule has 0 amide bonds. The fourth-order valence-corrected chi connectivity index (χ4v) is 4.31. The quantitative estimate of drug-likeness (QED) is 0.281. The van der Waals surface area contributed by atoms with Crippen LogP contribution in [0.3, 0.4) is 0 Å². The summed E-state index contributed by atoms with van der Waals surface area (Å²) >= 11 is 0. The molecule has 2 unspecified atom stereocenters. The Balaban J connectivity index is 2.13. The van der Waals surface area contributed by atoms with Gasteiger partial charge in [-0.25, -0.2) is 9.59 Å². The topological polar surface area (TPSA) is 138 Å². The molecule has 0 spiro atoms. The molecule has 3 rings (SSSR count). The first kappa shape index (κ1) is 24.9. The maximum Gasteiger partial charge on any atom is 0.343 e. The molecule has 9 heteroatoms. The number of fused-ring (bicyclic) bond motifs is 2. The van der Waals surface area contributed by atoms with Gasteiger partial charge < -0.3 is 19.8 Å². The van der Waals surface area contributed by atoms with Crippen molar-refractivity contribution in [2.24, 2.45) is 0 Å². The number of allylic oxidation sites excluding steroid dienone is 4. The first-order valence-corrected chi connectivity index (χ1v) is 11.1. The van der Waals surface area contributed by atoms with Gasteiger partial charge in [-0.2, -0.15) is 0 Å². The molecule has 2 heterocycles. The van der Waals surface area contributed by atoms with E-state index in [1.165, 1.54) is 18.0 Å². The molecular weight excluding hydrogens is 442 g/mol. The molecule has 34 heavy (non-hydrogen) atoms. The Kier molecular flexibility index (Phi) is 7.04. The van der Waals surface area contributed by atoms with Crippen LogP contribution in [-0.2, 0) is 28.7 Å². The van der Waals surface area contributed by atoms with Crippen LogP contribution >= 0.6 is 0 Å². The standard InChI is InChI=1S/C25H27NO8/c1-4-6-7-9-19(27)21-17-11-14-10-15(8-5-2)26(18(23(31)32)12-20(28)29)13-16(14)22(30)25(17,3)34-24(21)33/h5,8,10-11,13,18H,4,6-7,9,12H2,1-3H3,(H,28,29)(H,31,32). The van der Waals surface area contributed by atoms with Gasteiger partial charge >= 0.3 is 17.9 Å². The smallest absolute Gasteiger partial charge is 0.343 e. The third kappa shape index (κ3) is 4.37. The molecule has 2 N–H and O–H groups in total. The molecule has 0 fully saturated rings. The Morgan fingerprint density at radius 1 is 1.18 bits per heavy atom. The lowest BCUT2D eigenvalue weighted by atomic mass is 9.76. The second kappa shape index (κ2) is 9.62. The number of ketones is 2. The van der Waals surface area contributed by atoms with Crippen LogP contribution in [0.4, 0.5) is 0 Å². The van der Waals surface area contributed by atoms with Crippen LogP contribution < -0.4 is 0 Å². The summed E-state index contributed by atoms with van der Waals surface area (Å²) in [4.78, 5) is 63.3. The minimum Gasteiger partial charge on any atom is -0.481 e. The Morgan fingerprint density at radius 3 is 2.47 bits per heavy atom. The van der Waals surface area contributed by atoms with Crippen LogP contribution in [0.15, 0.2) is 58.5 Å². The van der Waals surface area contributed by atoms with E-state index >= 15 is 0 Å². The van der Waals surface area contributed by atoms with Crippen LogP contribution in [0, 0.1) is 0 Å². The summed E-state index contributed by atoms with van der Waals surface area (Å²) in [5, 5.41) is 18.8. The van der Waals surface area contributed by atoms with E-state index in [9.17, 15) is 34.2 Å². The first-order valence-electron chi connectivity index (χ1n) is 11.1. The highest BCUT2D eigenvalue weighted by Gasteiger charge is 2.54. The van der Waals surface area contributed by atoms with E-state index in [0.29, 0.717) is 17.7 Å². The van der Waals surface area contributed by atoms with Gasteiger partial charge in [0.1, 0.15) is 11.6 Å². The maximum atomic E-state index is 13.5. The number of unbranched alkanes of at least 4 members (excludes halogenated alkanes) is 2. The Morgan fingerprint density at radius 2 is 1.88 bits per heavy atom. The minimum absolute atomic E-state index is 0.0728. The predicted molar refractivity (Wildman–Crippen MR) is 120 cm³/mol. The Hall–Kier alpha value is -3.75. The number of hydrogen-bond donors (Lipinski definition) is 2. The number of rotatable bonds is 10. The highest BCUT2D eigenvalue weighted by molar-refractivity contribution is 6.25. The van der Waals surface area contributed by atoms with Crippen LogP contribution in [0.1, 0.15) is 52.9 Å². The lowest BCUT2D eigenvalue weighted by molar-refractivity contribution is -0.153. The lowest BCUT2D eigenvalue weighted by Crippen LogP contribution is -2.45. The van der Waals surface area contributed by atoms with Crippen LogP contribution in [0.25, 0.3) is 0 Å². The molecule has 1 aliphatic carbocycles. The zero-order chi connectivity index (χ0) is 25.2. The van der Waals surface area contributed by atoms with E-state index in [0.717, 1.165) is 12.8 Å². The van der Waals surface area contributed by atoms with E-state index in [-0.39, 0.29) is 28.9 Å². The number of carbonyl (C=O) groups excluding carboxylic acids is 3. The zero-order valence-corrected chi connectivity index (χ0v) is 19.3. The largest absolute Gasteiger partial charge is 0.481 e. The molecule has 2 atom stereocenters. The van der Waals surface area contributed by atoms with Gasteiger partial charge in [-0.15, -0.1) is 0 Å². The summed E-state index contributed by atoms with van der Waals surface area (Å²) in [5.41, 5.74) is -0.839. The SMILES string of the molecule is CC=CC1=CC2=CC3=C(C(=O)CCCCC)C(=O)OC3(C)C(=O)C2=CN1C(CC(=O)O)C(=O)O. The monoisotopic (exact) mass is 469 g/mol. The summed E-state index contributed by atoms with van der Waals surface area (Å²) < 4.78 is 5.40. The van der Waals surface area contributed by atoms with Crippen LogP contribution in [0.2, 0.25) is 0 Å². The van der Waals surface area contributed by atoms with E-state index in [1.54, 1.807) is 31.2 Å². The van der Waals surface area contributed by atoms with Crippen LogP contribution in [0.5, 0.6) is 0 Å². The highest BCUT2D eigenvalue weighted by Crippen LogP contribution is 2.45. The molecule has 0 aromatic carbocycles. The number of ether oxygens (including phenoxy) is 1. The normalized spacial score (nSPS) is 22.6. The third-order valence-corrected chi connectivity index (χ3v) is 6.06. The third-order valence-electron chi connectivity index (χ3n) is 6.06. The fourth-order valence-electron chi connectivity index (χ4n) is 4.31. The molecule has 3 aliphatic rings. The Bertz CT molecular complexity index is 1120. The second-order valence-corrected chi connectivity index (χ2v) is 8.49. The average Bonchev–Trinajstić information content (AvgIpc) is 3.02. The van der Waals surface area contributed by atoms with Crippen molar-refractivity contribution in [1.29, 1.82) is 0 Å². The molecule has 2 aliphatic heterocycles. The molecular formula is C25H27NO8. The van der Waals surface area contributed by atoms with Crippen molar-refractivity contribution in [3.8, 4) is 0 Å². The van der Waals surface area contributed by atoms with Gasteiger partial charge in [0, 0.05) is 29.5 Å². The molecule has 180 valence electrons. The van der Waals surface area contributed by atoms with Crippen LogP contribution in [-0.4, -0.2) is 56.2 Å². The average molecular weight is 469 g/mol. The second-order valence-electron chi connectivity index (χ2n) is 8.49. The van der Waals surface area contributed by atoms with Gasteiger partial charge in [-0.05, 0) is 44.1 Å². The molecule has 0 saturated heterocycles. The van der Waals surface area contributed by atoms with Crippen molar-refractivity contribution in [2.45, 2.75) is 64.5 Å². The van der Waals surface area contributed by atoms with Gasteiger partial charge in [0.15, 0.2) is 11.4 Å². The number of hydrogen-bond acceptors (Lipinski definition) is 7. The van der Waals surface area contributed by atoms with Crippen molar-refractivity contribution in [2.75, 3.05) is 0 Å². The van der Waals surface area contributed by atoms with E-state index in [1.807, 2.05) is 6.92 Å². The fraction of sp³-hybridized carbons (Fsp3) is 0.400. The molecule has 0 saturated carbocycles. The lowest BCUT2D eigenvalue weighted by Gasteiger charge is -2.36. The maximum absolute atomic E-state index is 13.5. The summed E-state index contributed by atoms with van der Waals surface area (Å²) in [6.07, 6.45) is 9.44. The number of nitrogens with zero attached hydrogens (tertiary/aromatic N) is 1. The van der Waals surface area contributed by atoms with Gasteiger partial charge in [0.05, 0.1) is 6.42 Å². The van der Waals surface area contributed by atoms with Gasteiger partial charge in [-0.1, -0.05) is 25.8 Å². The van der Waals surface area contributed by atoms with Crippen molar-refractivity contribution >= 4 is 29.5 Å². The van der Waals surface area contributed by atoms with Gasteiger partial charge in [0.2, 0.25) is 5.78 Å². The molecule has 9 nitrogen and oxygen atoms in total. The number of carboxylic acid groups (broad SMARTS) is 2. The van der Waals surface area contributed by atoms with E-state index in [2.05, 4.69) is 0 Å². The van der Waals surface area contributed by atoms with Crippen molar-refractivity contribution in [3.63, 3.8) is 0 Å². The Labute approximate surface area is 196 Å². The summed E-state index contributed by atoms with van der Waals surface area (Å²) in [7, 11) is 0. The molecule has 0 aromatic heterocycles. The molecule has 0 radical (unpaired) electrons. The van der Waals surface area contributed by atoms with E-state index in [4.69, 9.17) is 4.74 Å². The first-order chi connectivity index (χ1) is 16.0. The van der Waals surface area contributed by atoms with Crippen molar-refractivity contribution in [1.82, 2.24) is 4.90 Å².